The zero-order valence-electron chi connectivity index (χ0n) is 3.63. The monoisotopic (exact) mass is 564 g/mol. The van der Waals surface area contributed by atoms with Gasteiger partial charge in [0.05, 0.1) is 0 Å². The number of hydrogen-bond acceptors (Lipinski definition) is 4. The summed E-state index contributed by atoms with van der Waals surface area (Å²) in [5, 5.41) is 0. The third-order valence-corrected chi connectivity index (χ3v) is 1.90. The first-order valence-corrected chi connectivity index (χ1v) is 4.87. The van der Waals surface area contributed by atoms with Gasteiger partial charge >= 0.3 is 85.8 Å². The summed E-state index contributed by atoms with van der Waals surface area (Å²) in [6.07, 6.45) is 0. The maximum atomic E-state index is 10.1. The van der Waals surface area contributed by atoms with Crippen molar-refractivity contribution >= 4 is 11.9 Å². The minimum absolute atomic E-state index is 0.0556. The van der Waals surface area contributed by atoms with E-state index in [1.807, 2.05) is 0 Å². The predicted molar refractivity (Wildman–Crippen MR) is 12.2 cm³/mol. The Morgan fingerprint density at radius 1 is 1.00 bits per heavy atom. The molecule has 40 valence electrons. The van der Waals surface area contributed by atoms with Gasteiger partial charge in [0, 0.05) is 0 Å². The molecule has 0 saturated heterocycles. The van der Waals surface area contributed by atoms with Crippen molar-refractivity contribution < 1.29 is 73.9 Å². The van der Waals surface area contributed by atoms with Crippen molar-refractivity contribution in [2.45, 2.75) is 0 Å². The van der Waals surface area contributed by atoms with Gasteiger partial charge in [-0.1, -0.05) is 0 Å². The van der Waals surface area contributed by atoms with E-state index in [-0.39, 0.29) is 59.8 Å². The summed E-state index contributed by atoms with van der Waals surface area (Å²) in [7, 11) is 0. The van der Waals surface area contributed by atoms with Crippen molar-refractivity contribution in [3.8, 4) is 0 Å². The van der Waals surface area contributed by atoms with Gasteiger partial charge in [-0.05, 0) is 0 Å². The molecule has 0 fully saturated rings. The molecule has 0 aromatic carbocycles. The fraction of sp³-hybridized carbons (Fsp3) is 0. The Morgan fingerprint density at radius 2 is 1.25 bits per heavy atom. The molecule has 0 aromatic rings. The number of carbonyl (C=O) groups is 2. The van der Waals surface area contributed by atoms with Crippen LogP contribution in [-0.4, -0.2) is 11.9 Å². The number of rotatable bonds is 0. The first kappa shape index (κ1) is 9.04. The Labute approximate surface area is 84.7 Å². The molecular formula is C2O4U2. The first-order valence-electron chi connectivity index (χ1n) is 1.47. The summed E-state index contributed by atoms with van der Waals surface area (Å²) in [5.74, 6) is -1.72. The van der Waals surface area contributed by atoms with Crippen LogP contribution in [0.4, 0.5) is 0 Å². The van der Waals surface area contributed by atoms with Crippen LogP contribution in [0.5, 0.6) is 0 Å². The summed E-state index contributed by atoms with van der Waals surface area (Å²) in [6.45, 7) is 0. The number of carbonyl (C=O) groups excluding carboxylic acids is 2. The molecule has 0 spiro atoms. The molecule has 0 radical (unpaired) electrons. The van der Waals surface area contributed by atoms with Gasteiger partial charge in [0.2, 0.25) is 0 Å². The van der Waals surface area contributed by atoms with E-state index in [0.717, 1.165) is 0 Å². The quantitative estimate of drug-likeness (QED) is 0.355. The molecule has 0 atom stereocenters. The van der Waals surface area contributed by atoms with Crippen LogP contribution in [0.2, 0.25) is 0 Å². The molecule has 6 heteroatoms. The fourth-order valence-electron chi connectivity index (χ4n) is 0.0833. The second kappa shape index (κ2) is 4.88. The zero-order chi connectivity index (χ0) is 6.57. The molecule has 0 unspecified atom stereocenters. The Kier molecular flexibility index (Phi) is 5.52. The second-order valence-electron chi connectivity index (χ2n) is 0.779. The Balaban J connectivity index is 3.64. The van der Waals surface area contributed by atoms with Gasteiger partial charge in [0.25, 0.3) is 0 Å². The Morgan fingerprint density at radius 3 is 1.38 bits per heavy atom. The molecule has 0 aromatic heterocycles. The van der Waals surface area contributed by atoms with E-state index in [9.17, 15) is 9.59 Å². The van der Waals surface area contributed by atoms with Gasteiger partial charge in [-0.2, -0.15) is 0 Å². The third-order valence-electron chi connectivity index (χ3n) is 0.352. The molecule has 0 aliphatic rings. The van der Waals surface area contributed by atoms with Crippen molar-refractivity contribution in [3.05, 3.63) is 0 Å². The molecule has 0 amide bonds. The molecular weight excluding hydrogens is 564 g/mol. The summed E-state index contributed by atoms with van der Waals surface area (Å²) in [5.41, 5.74) is 0. The maximum absolute atomic E-state index is 10.1. The van der Waals surface area contributed by atoms with Gasteiger partial charge in [-0.25, -0.2) is 0 Å². The molecule has 0 heterocycles. The van der Waals surface area contributed by atoms with E-state index in [0.29, 0.717) is 0 Å². The van der Waals surface area contributed by atoms with Gasteiger partial charge in [-0.15, -0.1) is 0 Å². The van der Waals surface area contributed by atoms with Crippen molar-refractivity contribution in [2.75, 3.05) is 0 Å². The summed E-state index contributed by atoms with van der Waals surface area (Å²) in [6, 6.07) is 0. The topological polar surface area (TPSA) is 52.6 Å². The Bertz CT molecular complexity index is 96.6. The second-order valence-corrected chi connectivity index (χ2v) is 2.48. The molecule has 0 rings (SSSR count). The van der Waals surface area contributed by atoms with Crippen LogP contribution in [0.3, 0.4) is 0 Å². The summed E-state index contributed by atoms with van der Waals surface area (Å²) < 4.78 is 8.37. The van der Waals surface area contributed by atoms with Gasteiger partial charge in [0.1, 0.15) is 0 Å². The van der Waals surface area contributed by atoms with E-state index in [1.54, 1.807) is 0 Å². The van der Waals surface area contributed by atoms with Crippen LogP contribution in [0.15, 0.2) is 0 Å². The molecule has 0 aliphatic heterocycles. The average molecular weight is 564 g/mol. The van der Waals surface area contributed by atoms with E-state index in [4.69, 9.17) is 0 Å². The van der Waals surface area contributed by atoms with Crippen LogP contribution in [0, 0.1) is 59.8 Å². The van der Waals surface area contributed by atoms with Gasteiger partial charge in [-0.3, -0.25) is 0 Å². The van der Waals surface area contributed by atoms with Crippen LogP contribution >= 0.6 is 0 Å². The van der Waals surface area contributed by atoms with Gasteiger partial charge < -0.3 is 0 Å². The Hall–Kier alpha value is 1.04. The van der Waals surface area contributed by atoms with Crippen LogP contribution in [-0.2, 0) is 14.1 Å². The van der Waals surface area contributed by atoms with E-state index >= 15 is 0 Å². The van der Waals surface area contributed by atoms with E-state index < -0.39 is 11.9 Å². The standard InChI is InChI=1S/C2H2O4.2U/c3-1(4)2(5)6;;/h(H,3,4)(H,5,6);;/q;2*+1/p-2. The van der Waals surface area contributed by atoms with Crippen molar-refractivity contribution in [1.29, 1.82) is 0 Å². The zero-order valence-corrected chi connectivity index (χ0v) is 12.0. The molecule has 4 nitrogen and oxygen atoms in total. The molecule has 0 N–H and O–H groups in total. The normalized spacial score (nSPS) is 8.00. The first-order chi connectivity index (χ1) is 3.72. The van der Waals surface area contributed by atoms with Crippen molar-refractivity contribution in [1.82, 2.24) is 0 Å². The van der Waals surface area contributed by atoms with E-state index in [2.05, 4.69) is 4.48 Å². The predicted octanol–water partition coefficient (Wildman–Crippen LogP) is -0.999. The number of hydrogen-bond donors (Lipinski definition) is 0. The molecule has 0 aliphatic carbocycles. The van der Waals surface area contributed by atoms with E-state index in [1.165, 1.54) is 0 Å². The molecule has 8 heavy (non-hydrogen) atoms. The van der Waals surface area contributed by atoms with Gasteiger partial charge in [0.15, 0.2) is 0 Å². The van der Waals surface area contributed by atoms with Crippen LogP contribution < -0.4 is 0 Å². The molecule has 0 bridgehead atoms. The molecule has 0 saturated carbocycles. The fourth-order valence-corrected chi connectivity index (χ4v) is 0.777. The average Bonchev–Trinajstić information content (AvgIpc) is 1.84. The summed E-state index contributed by atoms with van der Waals surface area (Å²) >= 11 is 0.111. The third kappa shape index (κ3) is 3.15. The van der Waals surface area contributed by atoms with Crippen LogP contribution in [0.25, 0.3) is 0 Å². The SMILES string of the molecule is O=C([O][U])C(=O)[O][U]. The van der Waals surface area contributed by atoms with Crippen molar-refractivity contribution in [2.24, 2.45) is 0 Å². The van der Waals surface area contributed by atoms with Crippen LogP contribution in [0.1, 0.15) is 0 Å². The minimum atomic E-state index is -0.862. The van der Waals surface area contributed by atoms with Crippen molar-refractivity contribution in [3.63, 3.8) is 0 Å². The summed E-state index contributed by atoms with van der Waals surface area (Å²) in [4.78, 5) is 20.2.